The van der Waals surface area contributed by atoms with Gasteiger partial charge in [0.2, 0.25) is 0 Å². The molecule has 2 aromatic carbocycles. The molecule has 0 atom stereocenters. The number of carbonyl (C=O) groups is 1. The van der Waals surface area contributed by atoms with Gasteiger partial charge in [-0.25, -0.2) is 8.42 Å². The van der Waals surface area contributed by atoms with Gasteiger partial charge in [-0.05, 0) is 30.7 Å². The van der Waals surface area contributed by atoms with Crippen molar-refractivity contribution < 1.29 is 23.2 Å². The molecular weight excluding hydrogens is 419 g/mol. The van der Waals surface area contributed by atoms with E-state index in [2.05, 4.69) is 0 Å². The Balaban J connectivity index is 2.52. The number of hydrogen-bond donors (Lipinski definition) is 1. The fourth-order valence-electron chi connectivity index (χ4n) is 2.31. The van der Waals surface area contributed by atoms with Crippen LogP contribution in [0.15, 0.2) is 47.4 Å². The summed E-state index contributed by atoms with van der Waals surface area (Å²) < 4.78 is 27.1. The molecule has 0 fully saturated rings. The number of rotatable bonds is 8. The van der Waals surface area contributed by atoms with Gasteiger partial charge in [0.15, 0.2) is 0 Å². The highest BCUT2D eigenvalue weighted by Gasteiger charge is 2.28. The molecule has 0 radical (unpaired) electrons. The molecular formula is C16H14Cl2N2O6S. The van der Waals surface area contributed by atoms with E-state index in [1.807, 2.05) is 0 Å². The first-order chi connectivity index (χ1) is 12.6. The highest BCUT2D eigenvalue weighted by atomic mass is 35.5. The first-order valence-corrected chi connectivity index (χ1v) is 9.76. The predicted octanol–water partition coefficient (Wildman–Crippen LogP) is 3.96. The van der Waals surface area contributed by atoms with Gasteiger partial charge in [-0.1, -0.05) is 29.3 Å². The third-order valence-corrected chi connectivity index (χ3v) is 5.89. The van der Waals surface area contributed by atoms with Gasteiger partial charge >= 0.3 is 5.97 Å². The van der Waals surface area contributed by atoms with E-state index in [-0.39, 0.29) is 40.7 Å². The summed E-state index contributed by atoms with van der Waals surface area (Å²) in [4.78, 5) is 20.7. The van der Waals surface area contributed by atoms with Gasteiger partial charge in [0.1, 0.15) is 0 Å². The van der Waals surface area contributed by atoms with Crippen molar-refractivity contribution in [1.29, 1.82) is 0 Å². The molecule has 27 heavy (non-hydrogen) atoms. The Hall–Kier alpha value is -2.36. The number of carboxylic acid groups (broad SMARTS) is 1. The lowest BCUT2D eigenvalue weighted by molar-refractivity contribution is -0.385. The fourth-order valence-corrected chi connectivity index (χ4v) is 4.44. The number of halogens is 2. The number of nitrogens with zero attached hydrogens (tertiary/aromatic N) is 2. The summed E-state index contributed by atoms with van der Waals surface area (Å²) in [6.07, 6.45) is -0.241. The molecule has 1 N–H and O–H groups in total. The van der Waals surface area contributed by atoms with Crippen molar-refractivity contribution >= 4 is 50.6 Å². The van der Waals surface area contributed by atoms with Gasteiger partial charge in [-0.2, -0.15) is 0 Å². The smallest absolute Gasteiger partial charge is 0.303 e. The Morgan fingerprint density at radius 1 is 1.19 bits per heavy atom. The van der Waals surface area contributed by atoms with Gasteiger partial charge in [0.25, 0.3) is 15.7 Å². The van der Waals surface area contributed by atoms with Gasteiger partial charge < -0.3 is 5.11 Å². The zero-order valence-electron chi connectivity index (χ0n) is 13.7. The van der Waals surface area contributed by atoms with Crippen LogP contribution in [0, 0.1) is 10.1 Å². The molecule has 0 saturated heterocycles. The maximum atomic E-state index is 13.1. The van der Waals surface area contributed by atoms with E-state index in [1.54, 1.807) is 0 Å². The fraction of sp³-hybridized carbons (Fsp3) is 0.188. The Labute approximate surface area is 165 Å². The van der Waals surface area contributed by atoms with Crippen LogP contribution < -0.4 is 4.31 Å². The lowest BCUT2D eigenvalue weighted by atomic mass is 10.3. The summed E-state index contributed by atoms with van der Waals surface area (Å²) in [5.74, 6) is -1.08. The second-order valence-corrected chi connectivity index (χ2v) is 8.13. The molecule has 2 rings (SSSR count). The lowest BCUT2D eigenvalue weighted by Crippen LogP contribution is -2.32. The number of nitro groups is 1. The van der Waals surface area contributed by atoms with Gasteiger partial charge in [-0.3, -0.25) is 19.2 Å². The second-order valence-electron chi connectivity index (χ2n) is 5.42. The van der Waals surface area contributed by atoms with Crippen molar-refractivity contribution in [3.05, 3.63) is 62.6 Å². The van der Waals surface area contributed by atoms with E-state index in [0.717, 1.165) is 10.4 Å². The average molecular weight is 433 g/mol. The quantitative estimate of drug-likeness (QED) is 0.497. The number of sulfonamides is 1. The third-order valence-electron chi connectivity index (χ3n) is 3.55. The number of anilines is 1. The van der Waals surface area contributed by atoms with Crippen LogP contribution in [0.2, 0.25) is 10.0 Å². The van der Waals surface area contributed by atoms with Crippen molar-refractivity contribution in [2.45, 2.75) is 17.7 Å². The van der Waals surface area contributed by atoms with Crippen LogP contribution in [0.25, 0.3) is 0 Å². The molecule has 0 unspecified atom stereocenters. The van der Waals surface area contributed by atoms with E-state index >= 15 is 0 Å². The average Bonchev–Trinajstić information content (AvgIpc) is 2.59. The topological polar surface area (TPSA) is 118 Å². The summed E-state index contributed by atoms with van der Waals surface area (Å²) in [7, 11) is -4.24. The van der Waals surface area contributed by atoms with Crippen LogP contribution in [0.5, 0.6) is 0 Å². The molecule has 0 aliphatic rings. The summed E-state index contributed by atoms with van der Waals surface area (Å²) >= 11 is 12.0. The normalized spacial score (nSPS) is 11.2. The van der Waals surface area contributed by atoms with Crippen molar-refractivity contribution in [3.8, 4) is 0 Å². The van der Waals surface area contributed by atoms with Crippen molar-refractivity contribution in [3.63, 3.8) is 0 Å². The van der Waals surface area contributed by atoms with E-state index in [0.29, 0.717) is 5.02 Å². The summed E-state index contributed by atoms with van der Waals surface area (Å²) in [5.41, 5.74) is -0.290. The van der Waals surface area contributed by atoms with Gasteiger partial charge in [0, 0.05) is 30.1 Å². The molecule has 0 aliphatic heterocycles. The second kappa shape index (κ2) is 8.55. The number of non-ortho nitro benzene ring substituents is 1. The standard InChI is InChI=1S/C16H14Cl2N2O6S/c17-11-6-7-15(14(18)9-11)19(8-2-5-16(21)22)27(25,26)13-4-1-3-12(10-13)20(23)24/h1,3-4,6-7,9-10H,2,5,8H2,(H,21,22). The van der Waals surface area contributed by atoms with Crippen LogP contribution in [-0.2, 0) is 14.8 Å². The number of benzene rings is 2. The first-order valence-electron chi connectivity index (χ1n) is 7.57. The van der Waals surface area contributed by atoms with Gasteiger partial charge in [0.05, 0.1) is 20.5 Å². The maximum absolute atomic E-state index is 13.1. The SMILES string of the molecule is O=C(O)CCCN(c1ccc(Cl)cc1Cl)S(=O)(=O)c1cccc([N+](=O)[O-])c1. The molecule has 0 aromatic heterocycles. The van der Waals surface area contributed by atoms with E-state index < -0.39 is 20.9 Å². The van der Waals surface area contributed by atoms with Crippen LogP contribution in [0.3, 0.4) is 0 Å². The van der Waals surface area contributed by atoms with Crippen molar-refractivity contribution in [1.82, 2.24) is 0 Å². The minimum atomic E-state index is -4.24. The zero-order valence-corrected chi connectivity index (χ0v) is 16.0. The Morgan fingerprint density at radius 3 is 2.48 bits per heavy atom. The number of carboxylic acids is 1. The van der Waals surface area contributed by atoms with E-state index in [9.17, 15) is 23.3 Å². The highest BCUT2D eigenvalue weighted by Crippen LogP contribution is 2.33. The molecule has 8 nitrogen and oxygen atoms in total. The lowest BCUT2D eigenvalue weighted by Gasteiger charge is -2.25. The largest absolute Gasteiger partial charge is 0.481 e. The Morgan fingerprint density at radius 2 is 1.89 bits per heavy atom. The highest BCUT2D eigenvalue weighted by molar-refractivity contribution is 7.92. The predicted molar refractivity (Wildman–Crippen MR) is 101 cm³/mol. The first kappa shape index (κ1) is 20.9. The monoisotopic (exact) mass is 432 g/mol. The van der Waals surface area contributed by atoms with E-state index in [4.69, 9.17) is 28.3 Å². The molecule has 0 saturated carbocycles. The molecule has 0 heterocycles. The molecule has 0 aliphatic carbocycles. The van der Waals surface area contributed by atoms with Crippen LogP contribution in [-0.4, -0.2) is 31.0 Å². The summed E-state index contributed by atoms with van der Waals surface area (Å²) in [6.45, 7) is -0.182. The Kier molecular flexibility index (Phi) is 6.63. The molecule has 11 heteroatoms. The number of hydrogen-bond acceptors (Lipinski definition) is 5. The van der Waals surface area contributed by atoms with Gasteiger partial charge in [-0.15, -0.1) is 0 Å². The molecule has 0 amide bonds. The van der Waals surface area contributed by atoms with E-state index in [1.165, 1.54) is 36.4 Å². The molecule has 2 aromatic rings. The zero-order chi connectivity index (χ0) is 20.2. The summed E-state index contributed by atoms with van der Waals surface area (Å²) in [6, 6.07) is 8.76. The van der Waals surface area contributed by atoms with Crippen LogP contribution in [0.4, 0.5) is 11.4 Å². The summed E-state index contributed by atoms with van der Waals surface area (Å²) in [5, 5.41) is 20.1. The molecule has 0 bridgehead atoms. The van der Waals surface area contributed by atoms with Crippen LogP contribution in [0.1, 0.15) is 12.8 Å². The third kappa shape index (κ3) is 5.09. The minimum absolute atomic E-state index is 0.0163. The van der Waals surface area contributed by atoms with Crippen molar-refractivity contribution in [2.24, 2.45) is 0 Å². The molecule has 0 spiro atoms. The maximum Gasteiger partial charge on any atom is 0.303 e. The Bertz CT molecular complexity index is 981. The number of nitro benzene ring substituents is 1. The number of aliphatic carboxylic acids is 1. The minimum Gasteiger partial charge on any atom is -0.481 e. The molecule has 144 valence electrons. The van der Waals surface area contributed by atoms with Crippen LogP contribution >= 0.6 is 23.2 Å². The van der Waals surface area contributed by atoms with Crippen molar-refractivity contribution in [2.75, 3.05) is 10.8 Å².